The van der Waals surface area contributed by atoms with Gasteiger partial charge in [-0.2, -0.15) is 0 Å². The highest BCUT2D eigenvalue weighted by atomic mass is 32.2. The molecule has 0 aliphatic heterocycles. The second-order valence-electron chi connectivity index (χ2n) is 5.30. The van der Waals surface area contributed by atoms with Crippen LogP contribution in [-0.2, 0) is 21.1 Å². The van der Waals surface area contributed by atoms with Crippen molar-refractivity contribution in [2.75, 3.05) is 25.6 Å². The molecule has 0 spiro atoms. The summed E-state index contributed by atoms with van der Waals surface area (Å²) in [6.45, 7) is 0.242. The average Bonchev–Trinajstić information content (AvgIpc) is 2.84. The van der Waals surface area contributed by atoms with Crippen molar-refractivity contribution in [1.29, 1.82) is 0 Å². The second-order valence-corrected chi connectivity index (χ2v) is 7.56. The van der Waals surface area contributed by atoms with Crippen LogP contribution in [0.5, 0.6) is 0 Å². The van der Waals surface area contributed by atoms with Gasteiger partial charge in [-0.3, -0.25) is 4.79 Å². The second kappa shape index (κ2) is 6.30. The first-order valence-corrected chi connectivity index (χ1v) is 8.89. The fourth-order valence-electron chi connectivity index (χ4n) is 2.20. The van der Waals surface area contributed by atoms with Gasteiger partial charge in [0.1, 0.15) is 9.84 Å². The zero-order valence-corrected chi connectivity index (χ0v) is 13.1. The lowest BCUT2D eigenvalue weighted by Crippen LogP contribution is -2.31. The third-order valence-corrected chi connectivity index (χ3v) is 4.43. The Labute approximate surface area is 124 Å². The molecule has 0 saturated heterocycles. The molecule has 1 amide bonds. The van der Waals surface area contributed by atoms with Crippen molar-refractivity contribution in [2.24, 2.45) is 0 Å². The SMILES string of the molecule is CN(CCS(C)(=O)=O)C(=O)CCc1c[nH]c2ccccc12. The smallest absolute Gasteiger partial charge is 0.222 e. The number of carbonyl (C=O) groups excluding carboxylic acids is 1. The Morgan fingerprint density at radius 2 is 2.00 bits per heavy atom. The highest BCUT2D eigenvalue weighted by molar-refractivity contribution is 7.90. The van der Waals surface area contributed by atoms with Gasteiger partial charge in [0.2, 0.25) is 5.91 Å². The van der Waals surface area contributed by atoms with Crippen LogP contribution in [-0.4, -0.2) is 49.8 Å². The van der Waals surface area contributed by atoms with Crippen molar-refractivity contribution in [3.8, 4) is 0 Å². The molecule has 2 rings (SSSR count). The third kappa shape index (κ3) is 4.32. The molecule has 0 fully saturated rings. The molecule has 0 bridgehead atoms. The molecule has 1 aromatic carbocycles. The van der Waals surface area contributed by atoms with Crippen molar-refractivity contribution in [3.63, 3.8) is 0 Å². The van der Waals surface area contributed by atoms with Gasteiger partial charge in [0.15, 0.2) is 0 Å². The summed E-state index contributed by atoms with van der Waals surface area (Å²) in [4.78, 5) is 16.7. The number of amides is 1. The number of sulfone groups is 1. The first-order valence-electron chi connectivity index (χ1n) is 6.83. The van der Waals surface area contributed by atoms with Crippen molar-refractivity contribution in [3.05, 3.63) is 36.0 Å². The van der Waals surface area contributed by atoms with Crippen LogP contribution in [0, 0.1) is 0 Å². The highest BCUT2D eigenvalue weighted by Crippen LogP contribution is 2.19. The van der Waals surface area contributed by atoms with E-state index in [1.165, 1.54) is 11.2 Å². The van der Waals surface area contributed by atoms with Crippen molar-refractivity contribution < 1.29 is 13.2 Å². The van der Waals surface area contributed by atoms with E-state index in [1.807, 2.05) is 30.5 Å². The Morgan fingerprint density at radius 1 is 1.29 bits per heavy atom. The number of hydrogen-bond donors (Lipinski definition) is 1. The fraction of sp³-hybridized carbons (Fsp3) is 0.400. The van der Waals surface area contributed by atoms with Crippen LogP contribution >= 0.6 is 0 Å². The number of fused-ring (bicyclic) bond motifs is 1. The number of H-pyrrole nitrogens is 1. The molecule has 1 N–H and O–H groups in total. The topological polar surface area (TPSA) is 70.2 Å². The standard InChI is InChI=1S/C15H20N2O3S/c1-17(9-10-21(2,19)20)15(18)8-7-12-11-16-14-6-4-3-5-13(12)14/h3-6,11,16H,7-10H2,1-2H3. The minimum atomic E-state index is -3.04. The first kappa shape index (κ1) is 15.6. The molecule has 0 saturated carbocycles. The molecule has 0 aliphatic carbocycles. The summed E-state index contributed by atoms with van der Waals surface area (Å²) in [5.41, 5.74) is 2.17. The van der Waals surface area contributed by atoms with Gasteiger partial charge < -0.3 is 9.88 Å². The third-order valence-electron chi connectivity index (χ3n) is 3.51. The van der Waals surface area contributed by atoms with Crippen LogP contribution in [0.25, 0.3) is 10.9 Å². The molecule has 0 unspecified atom stereocenters. The Bertz CT molecular complexity index is 734. The number of para-hydroxylation sites is 1. The fourth-order valence-corrected chi connectivity index (χ4v) is 2.80. The molecule has 0 aliphatic rings. The van der Waals surface area contributed by atoms with Crippen molar-refractivity contribution in [1.82, 2.24) is 9.88 Å². The van der Waals surface area contributed by atoms with E-state index in [-0.39, 0.29) is 18.2 Å². The van der Waals surface area contributed by atoms with Gasteiger partial charge in [0.25, 0.3) is 0 Å². The Hall–Kier alpha value is -1.82. The maximum atomic E-state index is 12.0. The molecular formula is C15H20N2O3S. The van der Waals surface area contributed by atoms with Crippen LogP contribution in [0.2, 0.25) is 0 Å². The lowest BCUT2D eigenvalue weighted by molar-refractivity contribution is -0.129. The van der Waals surface area contributed by atoms with E-state index in [9.17, 15) is 13.2 Å². The van der Waals surface area contributed by atoms with Gasteiger partial charge in [0.05, 0.1) is 5.75 Å². The van der Waals surface area contributed by atoms with E-state index in [2.05, 4.69) is 4.98 Å². The van der Waals surface area contributed by atoms with E-state index in [4.69, 9.17) is 0 Å². The molecule has 0 atom stereocenters. The van der Waals surface area contributed by atoms with Gasteiger partial charge in [-0.1, -0.05) is 18.2 Å². The zero-order valence-electron chi connectivity index (χ0n) is 12.3. The summed E-state index contributed by atoms with van der Waals surface area (Å²) >= 11 is 0. The molecule has 21 heavy (non-hydrogen) atoms. The van der Waals surface area contributed by atoms with Crippen LogP contribution in [0.15, 0.2) is 30.5 Å². The number of benzene rings is 1. The summed E-state index contributed by atoms with van der Waals surface area (Å²) in [7, 11) is -1.40. The molecule has 6 heteroatoms. The number of aryl methyl sites for hydroxylation is 1. The lowest BCUT2D eigenvalue weighted by atomic mass is 10.1. The number of carbonyl (C=O) groups is 1. The zero-order chi connectivity index (χ0) is 15.5. The number of aromatic amines is 1. The van der Waals surface area contributed by atoms with E-state index in [0.29, 0.717) is 12.8 Å². The van der Waals surface area contributed by atoms with E-state index < -0.39 is 9.84 Å². The van der Waals surface area contributed by atoms with Gasteiger partial charge in [-0.15, -0.1) is 0 Å². The predicted octanol–water partition coefficient (Wildman–Crippen LogP) is 1.60. The summed E-state index contributed by atoms with van der Waals surface area (Å²) < 4.78 is 22.2. The number of nitrogens with zero attached hydrogens (tertiary/aromatic N) is 1. The van der Waals surface area contributed by atoms with E-state index >= 15 is 0 Å². The van der Waals surface area contributed by atoms with Crippen LogP contribution < -0.4 is 0 Å². The van der Waals surface area contributed by atoms with Crippen LogP contribution in [0.3, 0.4) is 0 Å². The summed E-state index contributed by atoms with van der Waals surface area (Å²) in [6.07, 6.45) is 4.12. The molecule has 0 radical (unpaired) electrons. The summed E-state index contributed by atoms with van der Waals surface area (Å²) in [6, 6.07) is 7.96. The van der Waals surface area contributed by atoms with E-state index in [1.54, 1.807) is 7.05 Å². The molecule has 114 valence electrons. The summed E-state index contributed by atoms with van der Waals surface area (Å²) in [5.74, 6) is -0.0357. The van der Waals surface area contributed by atoms with E-state index in [0.717, 1.165) is 16.5 Å². The van der Waals surface area contributed by atoms with Gasteiger partial charge in [0, 0.05) is 43.4 Å². The molecule has 1 aromatic heterocycles. The first-order chi connectivity index (χ1) is 9.87. The maximum Gasteiger partial charge on any atom is 0.222 e. The van der Waals surface area contributed by atoms with Gasteiger partial charge >= 0.3 is 0 Å². The Kier molecular flexibility index (Phi) is 4.67. The highest BCUT2D eigenvalue weighted by Gasteiger charge is 2.12. The predicted molar refractivity (Wildman–Crippen MR) is 84.0 cm³/mol. The molecule has 1 heterocycles. The lowest BCUT2D eigenvalue weighted by Gasteiger charge is -2.16. The Balaban J connectivity index is 1.92. The minimum absolute atomic E-state index is 0.00231. The van der Waals surface area contributed by atoms with Crippen LogP contribution in [0.4, 0.5) is 0 Å². The molecular weight excluding hydrogens is 288 g/mol. The number of nitrogens with one attached hydrogen (secondary N) is 1. The van der Waals surface area contributed by atoms with Crippen molar-refractivity contribution >= 4 is 26.6 Å². The van der Waals surface area contributed by atoms with Crippen LogP contribution in [0.1, 0.15) is 12.0 Å². The number of aromatic nitrogens is 1. The normalized spacial score (nSPS) is 11.7. The summed E-state index contributed by atoms with van der Waals surface area (Å²) in [5, 5.41) is 1.13. The van der Waals surface area contributed by atoms with Gasteiger partial charge in [-0.05, 0) is 18.1 Å². The van der Waals surface area contributed by atoms with Gasteiger partial charge in [-0.25, -0.2) is 8.42 Å². The maximum absolute atomic E-state index is 12.0. The average molecular weight is 308 g/mol. The van der Waals surface area contributed by atoms with Crippen molar-refractivity contribution in [2.45, 2.75) is 12.8 Å². The minimum Gasteiger partial charge on any atom is -0.361 e. The molecule has 2 aromatic rings. The quantitative estimate of drug-likeness (QED) is 0.881. The monoisotopic (exact) mass is 308 g/mol. The Morgan fingerprint density at radius 3 is 2.71 bits per heavy atom. The largest absolute Gasteiger partial charge is 0.361 e. The molecule has 5 nitrogen and oxygen atoms in total. The number of rotatable bonds is 6. The number of hydrogen-bond acceptors (Lipinski definition) is 3.